The van der Waals surface area contributed by atoms with E-state index >= 15 is 0 Å². The van der Waals surface area contributed by atoms with Crippen molar-refractivity contribution in [1.29, 1.82) is 0 Å². The van der Waals surface area contributed by atoms with Crippen molar-refractivity contribution < 1.29 is 9.13 Å². The molecule has 1 saturated heterocycles. The molecule has 0 aliphatic carbocycles. The summed E-state index contributed by atoms with van der Waals surface area (Å²) in [7, 11) is 0. The zero-order chi connectivity index (χ0) is 25.2. The summed E-state index contributed by atoms with van der Waals surface area (Å²) in [5.74, 6) is 0.410. The molecule has 0 saturated carbocycles. The van der Waals surface area contributed by atoms with Crippen LogP contribution in [0.1, 0.15) is 56.1 Å². The van der Waals surface area contributed by atoms with Crippen molar-refractivity contribution in [2.24, 2.45) is 5.41 Å². The first kappa shape index (κ1) is 25.5. The molecule has 0 bridgehead atoms. The maximum atomic E-state index is 13.7. The van der Waals surface area contributed by atoms with Crippen molar-refractivity contribution in [3.63, 3.8) is 0 Å². The Morgan fingerprint density at radius 3 is 2.34 bits per heavy atom. The van der Waals surface area contributed by atoms with Gasteiger partial charge in [0.1, 0.15) is 11.6 Å². The van der Waals surface area contributed by atoms with Crippen molar-refractivity contribution in [2.45, 2.75) is 60.3 Å². The number of piperidine rings is 1. The summed E-state index contributed by atoms with van der Waals surface area (Å²) in [5, 5.41) is 0.144. The fraction of sp³-hybridized carbons (Fsp3) is 0.433. The van der Waals surface area contributed by atoms with Crippen molar-refractivity contribution in [3.8, 4) is 16.9 Å². The van der Waals surface area contributed by atoms with E-state index in [0.717, 1.165) is 47.8 Å². The number of ether oxygens (including phenoxy) is 1. The number of hydrogen-bond acceptors (Lipinski definition) is 3. The SMILES string of the molecule is CCc1c(C)nc(C)c(-c2ccc(OCCc3ccc(Cl)c(F)c3)cc2)c1N1CCC(C)(C)CC1. The Bertz CT molecular complexity index is 1180. The third-order valence-electron chi connectivity index (χ3n) is 7.23. The number of anilines is 1. The number of nitrogens with zero attached hydrogens (tertiary/aromatic N) is 2. The molecule has 5 heteroatoms. The van der Waals surface area contributed by atoms with Crippen molar-refractivity contribution in [1.82, 2.24) is 4.98 Å². The van der Waals surface area contributed by atoms with Gasteiger partial charge in [0.2, 0.25) is 0 Å². The number of pyridine rings is 1. The first-order valence-electron chi connectivity index (χ1n) is 12.6. The minimum Gasteiger partial charge on any atom is -0.493 e. The summed E-state index contributed by atoms with van der Waals surface area (Å²) < 4.78 is 19.6. The van der Waals surface area contributed by atoms with Crippen LogP contribution in [0.2, 0.25) is 5.02 Å². The molecule has 0 radical (unpaired) electrons. The molecule has 1 aliphatic heterocycles. The van der Waals surface area contributed by atoms with Gasteiger partial charge in [0.05, 0.1) is 17.3 Å². The lowest BCUT2D eigenvalue weighted by Gasteiger charge is -2.40. The summed E-state index contributed by atoms with van der Waals surface area (Å²) in [4.78, 5) is 7.51. The highest BCUT2D eigenvalue weighted by molar-refractivity contribution is 6.30. The minimum atomic E-state index is -0.393. The van der Waals surface area contributed by atoms with Crippen LogP contribution in [0.4, 0.5) is 10.1 Å². The Kier molecular flexibility index (Phi) is 7.70. The topological polar surface area (TPSA) is 25.4 Å². The Hall–Kier alpha value is -2.59. The monoisotopic (exact) mass is 494 g/mol. The molecular weight excluding hydrogens is 459 g/mol. The van der Waals surface area contributed by atoms with Crippen LogP contribution in [0.3, 0.4) is 0 Å². The van der Waals surface area contributed by atoms with Crippen molar-refractivity contribution >= 4 is 17.3 Å². The molecule has 186 valence electrons. The lowest BCUT2D eigenvalue weighted by Crippen LogP contribution is -2.38. The number of hydrogen-bond donors (Lipinski definition) is 0. The molecule has 35 heavy (non-hydrogen) atoms. The van der Waals surface area contributed by atoms with Crippen LogP contribution < -0.4 is 9.64 Å². The zero-order valence-electron chi connectivity index (χ0n) is 21.5. The predicted molar refractivity (Wildman–Crippen MR) is 144 cm³/mol. The summed E-state index contributed by atoms with van der Waals surface area (Å²) in [5.41, 5.74) is 8.56. The highest BCUT2D eigenvalue weighted by Crippen LogP contribution is 2.41. The fourth-order valence-electron chi connectivity index (χ4n) is 5.02. The highest BCUT2D eigenvalue weighted by Gasteiger charge is 2.29. The molecule has 0 spiro atoms. The van der Waals surface area contributed by atoms with E-state index in [4.69, 9.17) is 21.3 Å². The first-order valence-corrected chi connectivity index (χ1v) is 13.0. The van der Waals surface area contributed by atoms with Gasteiger partial charge in [-0.2, -0.15) is 0 Å². The summed E-state index contributed by atoms with van der Waals surface area (Å²) in [6.45, 7) is 13.8. The molecule has 2 heterocycles. The van der Waals surface area contributed by atoms with Crippen LogP contribution in [0.25, 0.3) is 11.1 Å². The third kappa shape index (κ3) is 5.81. The molecule has 0 amide bonds. The van der Waals surface area contributed by atoms with Gasteiger partial charge in [0.15, 0.2) is 0 Å². The summed E-state index contributed by atoms with van der Waals surface area (Å²) >= 11 is 5.77. The number of aromatic nitrogens is 1. The van der Waals surface area contributed by atoms with Crippen LogP contribution in [0, 0.1) is 25.1 Å². The second-order valence-corrected chi connectivity index (χ2v) is 10.8. The largest absolute Gasteiger partial charge is 0.493 e. The Morgan fingerprint density at radius 2 is 1.71 bits per heavy atom. The minimum absolute atomic E-state index is 0.144. The molecular formula is C30H36ClFN2O. The van der Waals surface area contributed by atoms with E-state index in [0.29, 0.717) is 18.4 Å². The second kappa shape index (κ2) is 10.6. The van der Waals surface area contributed by atoms with Gasteiger partial charge in [-0.05, 0) is 79.5 Å². The van der Waals surface area contributed by atoms with E-state index in [9.17, 15) is 4.39 Å². The van der Waals surface area contributed by atoms with Gasteiger partial charge in [0, 0.05) is 36.5 Å². The van der Waals surface area contributed by atoms with E-state index in [1.165, 1.54) is 35.7 Å². The van der Waals surface area contributed by atoms with Crippen molar-refractivity contribution in [3.05, 3.63) is 75.8 Å². The van der Waals surface area contributed by atoms with E-state index < -0.39 is 5.82 Å². The average molecular weight is 495 g/mol. The highest BCUT2D eigenvalue weighted by atomic mass is 35.5. The number of halogens is 2. The maximum absolute atomic E-state index is 13.7. The molecule has 3 aromatic rings. The van der Waals surface area contributed by atoms with Gasteiger partial charge in [-0.25, -0.2) is 4.39 Å². The standard InChI is InChI=1S/C30H36ClFN2O/c1-6-25-20(2)33-21(3)28(29(25)34-16-14-30(4,5)15-17-34)23-8-10-24(11-9-23)35-18-13-22-7-12-26(31)27(32)19-22/h7-12,19H,6,13-18H2,1-5H3. The van der Waals surface area contributed by atoms with Gasteiger partial charge in [-0.15, -0.1) is 0 Å². The third-order valence-corrected chi connectivity index (χ3v) is 7.54. The van der Waals surface area contributed by atoms with Crippen LogP contribution in [0.5, 0.6) is 5.75 Å². The summed E-state index contributed by atoms with van der Waals surface area (Å²) in [6.07, 6.45) is 3.97. The average Bonchev–Trinajstić information content (AvgIpc) is 2.82. The predicted octanol–water partition coefficient (Wildman–Crippen LogP) is 7.97. The van der Waals surface area contributed by atoms with Gasteiger partial charge in [-0.3, -0.25) is 4.98 Å². The van der Waals surface area contributed by atoms with E-state index in [-0.39, 0.29) is 5.02 Å². The first-order chi connectivity index (χ1) is 16.7. The molecule has 2 aromatic carbocycles. The second-order valence-electron chi connectivity index (χ2n) is 10.4. The summed E-state index contributed by atoms with van der Waals surface area (Å²) in [6, 6.07) is 13.2. The molecule has 3 nitrogen and oxygen atoms in total. The van der Waals surface area contributed by atoms with E-state index in [1.807, 2.05) is 18.2 Å². The lowest BCUT2D eigenvalue weighted by atomic mass is 9.82. The van der Waals surface area contributed by atoms with Crippen LogP contribution in [-0.2, 0) is 12.8 Å². The molecule has 4 rings (SSSR count). The molecule has 0 N–H and O–H groups in total. The van der Waals surface area contributed by atoms with Gasteiger partial charge >= 0.3 is 0 Å². The smallest absolute Gasteiger partial charge is 0.142 e. The zero-order valence-corrected chi connectivity index (χ0v) is 22.3. The maximum Gasteiger partial charge on any atom is 0.142 e. The lowest BCUT2D eigenvalue weighted by molar-refractivity contribution is 0.279. The van der Waals surface area contributed by atoms with Crippen LogP contribution in [0.15, 0.2) is 42.5 Å². The Balaban J connectivity index is 1.55. The fourth-order valence-corrected chi connectivity index (χ4v) is 5.14. The number of rotatable bonds is 7. The normalized spacial score (nSPS) is 15.3. The Labute approximate surface area is 214 Å². The molecule has 1 aliphatic rings. The van der Waals surface area contributed by atoms with Gasteiger partial charge in [0.25, 0.3) is 0 Å². The molecule has 0 atom stereocenters. The van der Waals surface area contributed by atoms with E-state index in [1.54, 1.807) is 6.07 Å². The number of benzene rings is 2. The van der Waals surface area contributed by atoms with Gasteiger partial charge in [-0.1, -0.05) is 50.6 Å². The van der Waals surface area contributed by atoms with E-state index in [2.05, 4.69) is 51.7 Å². The molecule has 1 aromatic heterocycles. The quantitative estimate of drug-likeness (QED) is 0.333. The van der Waals surface area contributed by atoms with Crippen LogP contribution >= 0.6 is 11.6 Å². The van der Waals surface area contributed by atoms with Crippen molar-refractivity contribution in [2.75, 3.05) is 24.6 Å². The van der Waals surface area contributed by atoms with Gasteiger partial charge < -0.3 is 9.64 Å². The van der Waals surface area contributed by atoms with Crippen LogP contribution in [-0.4, -0.2) is 24.7 Å². The molecule has 0 unspecified atom stereocenters. The number of aryl methyl sites for hydroxylation is 2. The molecule has 1 fully saturated rings. The Morgan fingerprint density at radius 1 is 1.03 bits per heavy atom.